The summed E-state index contributed by atoms with van der Waals surface area (Å²) in [6, 6.07) is 7.86. The Morgan fingerprint density at radius 2 is 1.81 bits per heavy atom. The molecule has 0 saturated carbocycles. The van der Waals surface area contributed by atoms with Gasteiger partial charge in [0.15, 0.2) is 0 Å². The highest BCUT2D eigenvalue weighted by molar-refractivity contribution is 5.65. The first-order valence-electron chi connectivity index (χ1n) is 5.07. The molecule has 3 N–H and O–H groups in total. The van der Waals surface area contributed by atoms with Gasteiger partial charge in [-0.25, -0.2) is 9.97 Å². The van der Waals surface area contributed by atoms with Gasteiger partial charge in [0.1, 0.15) is 18.0 Å². The summed E-state index contributed by atoms with van der Waals surface area (Å²) in [5, 5.41) is 3.25. The SMILES string of the molecule is Cc1cccc(C)c1Nc1cc(N)ncn1. The van der Waals surface area contributed by atoms with Crippen LogP contribution in [0.25, 0.3) is 0 Å². The molecule has 2 aromatic rings. The van der Waals surface area contributed by atoms with E-state index in [9.17, 15) is 0 Å². The zero-order chi connectivity index (χ0) is 11.5. The zero-order valence-corrected chi connectivity index (χ0v) is 9.36. The minimum Gasteiger partial charge on any atom is -0.384 e. The third kappa shape index (κ3) is 2.11. The number of aromatic nitrogens is 2. The van der Waals surface area contributed by atoms with Crippen LogP contribution in [0.5, 0.6) is 0 Å². The van der Waals surface area contributed by atoms with E-state index < -0.39 is 0 Å². The predicted octanol–water partition coefficient (Wildman–Crippen LogP) is 2.42. The van der Waals surface area contributed by atoms with E-state index in [1.165, 1.54) is 17.5 Å². The van der Waals surface area contributed by atoms with Crippen molar-refractivity contribution in [2.75, 3.05) is 11.1 Å². The smallest absolute Gasteiger partial charge is 0.135 e. The molecule has 4 nitrogen and oxygen atoms in total. The van der Waals surface area contributed by atoms with Gasteiger partial charge in [0, 0.05) is 11.8 Å². The van der Waals surface area contributed by atoms with Gasteiger partial charge in [0.25, 0.3) is 0 Å². The van der Waals surface area contributed by atoms with E-state index in [4.69, 9.17) is 5.73 Å². The van der Waals surface area contributed by atoms with Crippen molar-refractivity contribution in [3.8, 4) is 0 Å². The monoisotopic (exact) mass is 214 g/mol. The van der Waals surface area contributed by atoms with Crippen LogP contribution < -0.4 is 11.1 Å². The van der Waals surface area contributed by atoms with Crippen molar-refractivity contribution in [2.24, 2.45) is 0 Å². The number of anilines is 3. The molecule has 0 bridgehead atoms. The van der Waals surface area contributed by atoms with Crippen LogP contribution in [-0.2, 0) is 0 Å². The molecule has 1 aromatic carbocycles. The Labute approximate surface area is 94.5 Å². The summed E-state index contributed by atoms with van der Waals surface area (Å²) in [4.78, 5) is 7.97. The van der Waals surface area contributed by atoms with Gasteiger partial charge in [-0.3, -0.25) is 0 Å². The van der Waals surface area contributed by atoms with Crippen molar-refractivity contribution in [2.45, 2.75) is 13.8 Å². The molecule has 16 heavy (non-hydrogen) atoms. The van der Waals surface area contributed by atoms with Gasteiger partial charge < -0.3 is 11.1 Å². The minimum atomic E-state index is 0.462. The maximum absolute atomic E-state index is 5.60. The van der Waals surface area contributed by atoms with Crippen LogP contribution in [0.15, 0.2) is 30.6 Å². The largest absolute Gasteiger partial charge is 0.384 e. The molecule has 2 rings (SSSR count). The summed E-state index contributed by atoms with van der Waals surface area (Å²) < 4.78 is 0. The number of nitrogens with two attached hydrogens (primary N) is 1. The van der Waals surface area contributed by atoms with Crippen LogP contribution in [0.2, 0.25) is 0 Å². The number of para-hydroxylation sites is 1. The predicted molar refractivity (Wildman–Crippen MR) is 65.6 cm³/mol. The Hall–Kier alpha value is -2.10. The van der Waals surface area contributed by atoms with Crippen molar-refractivity contribution in [3.05, 3.63) is 41.7 Å². The Bertz CT molecular complexity index is 488. The summed E-state index contributed by atoms with van der Waals surface area (Å²) in [6.07, 6.45) is 1.45. The zero-order valence-electron chi connectivity index (χ0n) is 9.36. The van der Waals surface area contributed by atoms with Crippen LogP contribution in [0, 0.1) is 13.8 Å². The number of aryl methyl sites for hydroxylation is 2. The average Bonchev–Trinajstić information content (AvgIpc) is 2.24. The maximum atomic E-state index is 5.60. The normalized spacial score (nSPS) is 10.1. The number of hydrogen-bond acceptors (Lipinski definition) is 4. The highest BCUT2D eigenvalue weighted by Crippen LogP contribution is 2.23. The van der Waals surface area contributed by atoms with Gasteiger partial charge in [-0.2, -0.15) is 0 Å². The average molecular weight is 214 g/mol. The van der Waals surface area contributed by atoms with Gasteiger partial charge in [-0.05, 0) is 25.0 Å². The molecule has 4 heteroatoms. The topological polar surface area (TPSA) is 63.8 Å². The van der Waals surface area contributed by atoms with Gasteiger partial charge in [-0.1, -0.05) is 18.2 Å². The molecule has 1 heterocycles. The van der Waals surface area contributed by atoms with Crippen LogP contribution >= 0.6 is 0 Å². The van der Waals surface area contributed by atoms with Crippen LogP contribution in [0.3, 0.4) is 0 Å². The van der Waals surface area contributed by atoms with Crippen LogP contribution in [-0.4, -0.2) is 9.97 Å². The Kier molecular flexibility index (Phi) is 2.72. The number of nitrogen functional groups attached to an aromatic ring is 1. The summed E-state index contributed by atoms with van der Waals surface area (Å²) in [5.41, 5.74) is 9.02. The van der Waals surface area contributed by atoms with E-state index in [1.807, 2.05) is 6.07 Å². The molecule has 0 amide bonds. The first kappa shape index (κ1) is 10.4. The third-order valence-electron chi connectivity index (χ3n) is 2.42. The molecule has 0 spiro atoms. The van der Waals surface area contributed by atoms with Crippen LogP contribution in [0.1, 0.15) is 11.1 Å². The highest BCUT2D eigenvalue weighted by Gasteiger charge is 2.03. The van der Waals surface area contributed by atoms with E-state index in [2.05, 4.69) is 41.3 Å². The molecule has 0 aliphatic carbocycles. The van der Waals surface area contributed by atoms with Crippen molar-refractivity contribution >= 4 is 17.3 Å². The number of nitrogens with zero attached hydrogens (tertiary/aromatic N) is 2. The molecule has 0 radical (unpaired) electrons. The standard InChI is InChI=1S/C12H14N4/c1-8-4-3-5-9(2)12(8)16-11-6-10(13)14-7-15-11/h3-7H,1-2H3,(H3,13,14,15,16). The Morgan fingerprint density at radius 1 is 1.12 bits per heavy atom. The Morgan fingerprint density at radius 3 is 2.44 bits per heavy atom. The lowest BCUT2D eigenvalue weighted by Crippen LogP contribution is -2.00. The number of benzene rings is 1. The molecule has 0 saturated heterocycles. The van der Waals surface area contributed by atoms with Crippen molar-refractivity contribution in [1.29, 1.82) is 0 Å². The van der Waals surface area contributed by atoms with Gasteiger partial charge >= 0.3 is 0 Å². The summed E-state index contributed by atoms with van der Waals surface area (Å²) in [5.74, 6) is 1.17. The molecule has 1 aromatic heterocycles. The second-order valence-electron chi connectivity index (χ2n) is 3.72. The highest BCUT2D eigenvalue weighted by atomic mass is 15.0. The quantitative estimate of drug-likeness (QED) is 0.805. The molecule has 0 aliphatic rings. The summed E-state index contributed by atoms with van der Waals surface area (Å²) in [7, 11) is 0. The van der Waals surface area contributed by atoms with E-state index in [-0.39, 0.29) is 0 Å². The summed E-state index contributed by atoms with van der Waals surface area (Å²) >= 11 is 0. The van der Waals surface area contributed by atoms with E-state index in [0.717, 1.165) is 5.69 Å². The molecule has 82 valence electrons. The van der Waals surface area contributed by atoms with Gasteiger partial charge in [0.05, 0.1) is 0 Å². The fourth-order valence-corrected chi connectivity index (χ4v) is 1.58. The fraction of sp³-hybridized carbons (Fsp3) is 0.167. The number of rotatable bonds is 2. The number of hydrogen-bond donors (Lipinski definition) is 2. The lowest BCUT2D eigenvalue weighted by Gasteiger charge is -2.11. The van der Waals surface area contributed by atoms with Gasteiger partial charge in [-0.15, -0.1) is 0 Å². The first-order valence-corrected chi connectivity index (χ1v) is 5.07. The second kappa shape index (κ2) is 4.18. The molecule has 0 atom stereocenters. The lowest BCUT2D eigenvalue weighted by atomic mass is 10.1. The minimum absolute atomic E-state index is 0.462. The molecule has 0 aliphatic heterocycles. The first-order chi connectivity index (χ1) is 7.66. The molecule has 0 unspecified atom stereocenters. The lowest BCUT2D eigenvalue weighted by molar-refractivity contribution is 1.17. The van der Waals surface area contributed by atoms with Crippen LogP contribution in [0.4, 0.5) is 17.3 Å². The third-order valence-corrected chi connectivity index (χ3v) is 2.42. The molecule has 0 fully saturated rings. The van der Waals surface area contributed by atoms with Crippen molar-refractivity contribution in [1.82, 2.24) is 9.97 Å². The van der Waals surface area contributed by atoms with E-state index in [0.29, 0.717) is 11.6 Å². The second-order valence-corrected chi connectivity index (χ2v) is 3.72. The van der Waals surface area contributed by atoms with E-state index >= 15 is 0 Å². The summed E-state index contributed by atoms with van der Waals surface area (Å²) in [6.45, 7) is 4.11. The maximum Gasteiger partial charge on any atom is 0.135 e. The molecular formula is C12H14N4. The van der Waals surface area contributed by atoms with Crippen molar-refractivity contribution < 1.29 is 0 Å². The van der Waals surface area contributed by atoms with Crippen molar-refractivity contribution in [3.63, 3.8) is 0 Å². The fourth-order valence-electron chi connectivity index (χ4n) is 1.58. The Balaban J connectivity index is 2.34. The molecular weight excluding hydrogens is 200 g/mol. The van der Waals surface area contributed by atoms with Gasteiger partial charge in [0.2, 0.25) is 0 Å². The van der Waals surface area contributed by atoms with E-state index in [1.54, 1.807) is 6.07 Å². The number of nitrogens with one attached hydrogen (secondary N) is 1.